The molecule has 0 unspecified atom stereocenters. The van der Waals surface area contributed by atoms with Crippen molar-refractivity contribution in [2.75, 3.05) is 25.0 Å². The lowest BCUT2D eigenvalue weighted by atomic mass is 9.94. The number of hydrogen-bond acceptors (Lipinski definition) is 4. The van der Waals surface area contributed by atoms with E-state index in [1.165, 1.54) is 18.5 Å². The van der Waals surface area contributed by atoms with E-state index >= 15 is 0 Å². The second kappa shape index (κ2) is 6.05. The minimum Gasteiger partial charge on any atom is -0.370 e. The van der Waals surface area contributed by atoms with Gasteiger partial charge in [-0.2, -0.15) is 5.10 Å². The van der Waals surface area contributed by atoms with Crippen LogP contribution in [0.25, 0.3) is 11.3 Å². The normalized spacial score (nSPS) is 16.2. The molecule has 3 N–H and O–H groups in total. The Bertz CT molecular complexity index is 557. The van der Waals surface area contributed by atoms with E-state index in [0.717, 1.165) is 36.7 Å². The number of pyridine rings is 1. The third-order valence-electron chi connectivity index (χ3n) is 3.79. The number of hydrogen-bond donors (Lipinski definition) is 3. The zero-order valence-electron chi connectivity index (χ0n) is 11.8. The van der Waals surface area contributed by atoms with Gasteiger partial charge in [0.25, 0.3) is 0 Å². The average molecular weight is 271 g/mol. The molecule has 0 amide bonds. The van der Waals surface area contributed by atoms with Crippen molar-refractivity contribution in [2.24, 2.45) is 0 Å². The van der Waals surface area contributed by atoms with Crippen LogP contribution in [0.5, 0.6) is 0 Å². The van der Waals surface area contributed by atoms with Crippen LogP contribution >= 0.6 is 0 Å². The Hall–Kier alpha value is -1.88. The number of anilines is 1. The minimum atomic E-state index is 0.604. The van der Waals surface area contributed by atoms with E-state index in [4.69, 9.17) is 0 Å². The average Bonchev–Trinajstić information content (AvgIpc) is 2.99. The van der Waals surface area contributed by atoms with Crippen LogP contribution in [-0.4, -0.2) is 34.8 Å². The van der Waals surface area contributed by atoms with Gasteiger partial charge in [0.2, 0.25) is 0 Å². The smallest absolute Gasteiger partial charge is 0.126 e. The minimum absolute atomic E-state index is 0.604. The van der Waals surface area contributed by atoms with Crippen LogP contribution in [0.15, 0.2) is 24.4 Å². The van der Waals surface area contributed by atoms with Crippen LogP contribution < -0.4 is 10.6 Å². The van der Waals surface area contributed by atoms with Crippen molar-refractivity contribution >= 4 is 5.82 Å². The molecule has 1 fully saturated rings. The van der Waals surface area contributed by atoms with E-state index < -0.39 is 0 Å². The number of nitrogens with one attached hydrogen (secondary N) is 3. The van der Waals surface area contributed by atoms with Crippen molar-refractivity contribution in [1.29, 1.82) is 0 Å². The first-order valence-corrected chi connectivity index (χ1v) is 7.33. The second-order valence-corrected chi connectivity index (χ2v) is 5.19. The Morgan fingerprint density at radius 1 is 1.30 bits per heavy atom. The molecule has 20 heavy (non-hydrogen) atoms. The Morgan fingerprint density at radius 2 is 2.15 bits per heavy atom. The highest BCUT2D eigenvalue weighted by atomic mass is 15.1. The lowest BCUT2D eigenvalue weighted by molar-refractivity contribution is 0.453. The van der Waals surface area contributed by atoms with Crippen LogP contribution in [0.3, 0.4) is 0 Å². The van der Waals surface area contributed by atoms with Gasteiger partial charge in [0.1, 0.15) is 5.82 Å². The van der Waals surface area contributed by atoms with Gasteiger partial charge in [-0.1, -0.05) is 0 Å². The molecule has 0 bridgehead atoms. The summed E-state index contributed by atoms with van der Waals surface area (Å²) in [5.74, 6) is 1.50. The third kappa shape index (κ3) is 2.82. The van der Waals surface area contributed by atoms with Gasteiger partial charge in [0, 0.05) is 29.9 Å². The summed E-state index contributed by atoms with van der Waals surface area (Å²) >= 11 is 0. The fourth-order valence-corrected chi connectivity index (χ4v) is 2.69. The van der Waals surface area contributed by atoms with Crippen molar-refractivity contribution < 1.29 is 0 Å². The van der Waals surface area contributed by atoms with Gasteiger partial charge in [-0.05, 0) is 51.1 Å². The summed E-state index contributed by atoms with van der Waals surface area (Å²) < 4.78 is 0. The van der Waals surface area contributed by atoms with E-state index in [9.17, 15) is 0 Å². The molecule has 3 heterocycles. The van der Waals surface area contributed by atoms with E-state index in [-0.39, 0.29) is 0 Å². The van der Waals surface area contributed by atoms with Crippen molar-refractivity contribution in [3.63, 3.8) is 0 Å². The number of piperidine rings is 1. The Kier molecular flexibility index (Phi) is 3.97. The zero-order valence-corrected chi connectivity index (χ0v) is 11.8. The summed E-state index contributed by atoms with van der Waals surface area (Å²) in [6, 6.07) is 6.23. The van der Waals surface area contributed by atoms with Gasteiger partial charge in [0.15, 0.2) is 0 Å². The molecule has 3 rings (SSSR count). The van der Waals surface area contributed by atoms with Crippen molar-refractivity contribution in [1.82, 2.24) is 20.5 Å². The first-order chi connectivity index (χ1) is 9.86. The summed E-state index contributed by atoms with van der Waals surface area (Å²) in [6.45, 7) is 5.13. The first-order valence-electron chi connectivity index (χ1n) is 7.33. The molecule has 1 aliphatic heterocycles. The third-order valence-corrected chi connectivity index (χ3v) is 3.79. The maximum absolute atomic E-state index is 4.46. The monoisotopic (exact) mass is 271 g/mol. The number of rotatable bonds is 4. The zero-order chi connectivity index (χ0) is 13.8. The van der Waals surface area contributed by atoms with E-state index in [2.05, 4.69) is 38.8 Å². The largest absolute Gasteiger partial charge is 0.370 e. The van der Waals surface area contributed by atoms with Gasteiger partial charge < -0.3 is 10.6 Å². The van der Waals surface area contributed by atoms with Crippen LogP contribution in [0.1, 0.15) is 31.4 Å². The molecule has 5 nitrogen and oxygen atoms in total. The Morgan fingerprint density at radius 3 is 2.95 bits per heavy atom. The highest BCUT2D eigenvalue weighted by Crippen LogP contribution is 2.27. The summed E-state index contributed by atoms with van der Waals surface area (Å²) in [7, 11) is 0. The van der Waals surface area contributed by atoms with Gasteiger partial charge in [0.05, 0.1) is 5.69 Å². The topological polar surface area (TPSA) is 65.6 Å². The summed E-state index contributed by atoms with van der Waals surface area (Å²) in [6.07, 6.45) is 4.19. The number of aromatic amines is 1. The highest BCUT2D eigenvalue weighted by Gasteiger charge is 2.17. The van der Waals surface area contributed by atoms with Gasteiger partial charge in [-0.25, -0.2) is 4.98 Å². The van der Waals surface area contributed by atoms with Gasteiger partial charge in [-0.15, -0.1) is 0 Å². The van der Waals surface area contributed by atoms with Crippen molar-refractivity contribution in [2.45, 2.75) is 25.7 Å². The fraction of sp³-hybridized carbons (Fsp3) is 0.467. The molecule has 0 radical (unpaired) electrons. The maximum atomic E-state index is 4.46. The summed E-state index contributed by atoms with van der Waals surface area (Å²) in [5.41, 5.74) is 3.36. The molecule has 1 saturated heterocycles. The standard InChI is InChI=1S/C15H21N5/c1-2-17-15-9-12(5-8-18-15)14-10-13(19-20-14)11-3-6-16-7-4-11/h5,8-11,16H,2-4,6-7H2,1H3,(H,17,18)(H,19,20). The predicted octanol–water partition coefficient (Wildman–Crippen LogP) is 2.37. The molecule has 106 valence electrons. The number of H-pyrrole nitrogens is 1. The highest BCUT2D eigenvalue weighted by molar-refractivity contribution is 5.63. The lowest BCUT2D eigenvalue weighted by Gasteiger charge is -2.20. The van der Waals surface area contributed by atoms with Crippen molar-refractivity contribution in [3.05, 3.63) is 30.1 Å². The molecule has 0 aliphatic carbocycles. The van der Waals surface area contributed by atoms with Crippen LogP contribution in [0.4, 0.5) is 5.82 Å². The molecule has 5 heteroatoms. The SMILES string of the molecule is CCNc1cc(-c2cc(C3CCNCC3)[nH]n2)ccn1. The molecule has 1 aliphatic rings. The van der Waals surface area contributed by atoms with Crippen molar-refractivity contribution in [3.8, 4) is 11.3 Å². The molecular formula is C15H21N5. The van der Waals surface area contributed by atoms with Gasteiger partial charge in [-0.3, -0.25) is 5.10 Å². The van der Waals surface area contributed by atoms with Crippen LogP contribution in [0.2, 0.25) is 0 Å². The molecule has 2 aromatic heterocycles. The van der Waals surface area contributed by atoms with Gasteiger partial charge >= 0.3 is 0 Å². The quantitative estimate of drug-likeness (QED) is 0.798. The molecule has 0 atom stereocenters. The predicted molar refractivity (Wildman–Crippen MR) is 80.8 cm³/mol. The number of nitrogens with zero attached hydrogens (tertiary/aromatic N) is 2. The van der Waals surface area contributed by atoms with Crippen LogP contribution in [-0.2, 0) is 0 Å². The molecule has 0 aromatic carbocycles. The first kappa shape index (κ1) is 13.1. The molecule has 2 aromatic rings. The van der Waals surface area contributed by atoms with E-state index in [1.807, 2.05) is 18.3 Å². The molecule has 0 saturated carbocycles. The summed E-state index contributed by atoms with van der Waals surface area (Å²) in [4.78, 5) is 4.29. The fourth-order valence-electron chi connectivity index (χ4n) is 2.69. The summed E-state index contributed by atoms with van der Waals surface area (Å²) in [5, 5.41) is 14.3. The van der Waals surface area contributed by atoms with Crippen LogP contribution in [0, 0.1) is 0 Å². The Balaban J connectivity index is 1.80. The molecule has 0 spiro atoms. The van der Waals surface area contributed by atoms with E-state index in [0.29, 0.717) is 5.92 Å². The maximum Gasteiger partial charge on any atom is 0.126 e. The van der Waals surface area contributed by atoms with E-state index in [1.54, 1.807) is 0 Å². The second-order valence-electron chi connectivity index (χ2n) is 5.19. The lowest BCUT2D eigenvalue weighted by Crippen LogP contribution is -2.26. The number of aromatic nitrogens is 3. The molecular weight excluding hydrogens is 250 g/mol. The Labute approximate surface area is 119 Å².